The quantitative estimate of drug-likeness (QED) is 0.784. The molecule has 1 amide bonds. The summed E-state index contributed by atoms with van der Waals surface area (Å²) in [5, 5.41) is 2.81. The van der Waals surface area contributed by atoms with Crippen molar-refractivity contribution in [3.05, 3.63) is 57.0 Å². The van der Waals surface area contributed by atoms with Gasteiger partial charge in [-0.3, -0.25) is 4.79 Å². The maximum atomic E-state index is 12.1. The first-order chi connectivity index (χ1) is 8.58. The molecule has 0 bridgehead atoms. The Labute approximate surface area is 122 Å². The number of hydrogen-bond donors (Lipinski definition) is 2. The molecule has 0 saturated heterocycles. The maximum Gasteiger partial charge on any atom is 0.256 e. The van der Waals surface area contributed by atoms with Gasteiger partial charge in [0.25, 0.3) is 5.91 Å². The van der Waals surface area contributed by atoms with Crippen LogP contribution < -0.4 is 11.1 Å². The number of carbonyl (C=O) groups excluding carboxylic acids is 1. The fraction of sp³-hybridized carbons (Fsp3) is 0. The van der Waals surface area contributed by atoms with Crippen molar-refractivity contribution in [2.45, 2.75) is 0 Å². The summed E-state index contributed by atoms with van der Waals surface area (Å²) in [5.74, 6) is -0.198. The van der Waals surface area contributed by atoms with E-state index in [2.05, 4.69) is 37.2 Å². The van der Waals surface area contributed by atoms with Gasteiger partial charge in [0.2, 0.25) is 0 Å². The summed E-state index contributed by atoms with van der Waals surface area (Å²) in [6.07, 6.45) is 0. The van der Waals surface area contributed by atoms with Crippen LogP contribution in [0.1, 0.15) is 10.4 Å². The molecule has 18 heavy (non-hydrogen) atoms. The van der Waals surface area contributed by atoms with Gasteiger partial charge in [-0.05, 0) is 52.3 Å². The van der Waals surface area contributed by atoms with Crippen LogP contribution in [-0.4, -0.2) is 5.91 Å². The smallest absolute Gasteiger partial charge is 0.256 e. The third kappa shape index (κ3) is 2.91. The summed E-state index contributed by atoms with van der Waals surface area (Å²) in [6.45, 7) is 0. The first-order valence-corrected chi connectivity index (χ1v) is 6.77. The highest BCUT2D eigenvalue weighted by Gasteiger charge is 2.11. The minimum Gasteiger partial charge on any atom is -0.398 e. The molecular formula is C13H10Br2N2O. The van der Waals surface area contributed by atoms with Crippen molar-refractivity contribution in [1.29, 1.82) is 0 Å². The Balaban J connectivity index is 2.22. The van der Waals surface area contributed by atoms with Gasteiger partial charge >= 0.3 is 0 Å². The normalized spacial score (nSPS) is 10.1. The number of rotatable bonds is 2. The van der Waals surface area contributed by atoms with E-state index in [0.717, 1.165) is 10.2 Å². The number of benzene rings is 2. The second-order valence-corrected chi connectivity index (χ2v) is 5.38. The number of amides is 1. The first kappa shape index (κ1) is 13.1. The molecule has 0 atom stereocenters. The van der Waals surface area contributed by atoms with Crippen LogP contribution in [0.5, 0.6) is 0 Å². The molecule has 0 unspecified atom stereocenters. The zero-order valence-electron chi connectivity index (χ0n) is 9.28. The van der Waals surface area contributed by atoms with E-state index in [1.165, 1.54) is 0 Å². The Morgan fingerprint density at radius 3 is 2.39 bits per heavy atom. The molecule has 0 aliphatic rings. The number of anilines is 2. The van der Waals surface area contributed by atoms with E-state index in [-0.39, 0.29) is 5.91 Å². The Hall–Kier alpha value is -1.33. The highest BCUT2D eigenvalue weighted by Crippen LogP contribution is 2.24. The molecule has 0 aromatic heterocycles. The van der Waals surface area contributed by atoms with Crippen LogP contribution in [0.4, 0.5) is 11.4 Å². The Kier molecular flexibility index (Phi) is 4.04. The molecule has 92 valence electrons. The molecule has 0 spiro atoms. The molecule has 3 N–H and O–H groups in total. The average Bonchev–Trinajstić information content (AvgIpc) is 2.35. The SMILES string of the molecule is Nc1cccc(C(=O)Nc2ccc(Br)cc2)c1Br. The molecule has 0 aliphatic carbocycles. The second kappa shape index (κ2) is 5.54. The lowest BCUT2D eigenvalue weighted by molar-refractivity contribution is 0.102. The standard InChI is InChI=1S/C13H10Br2N2O/c14-8-4-6-9(7-5-8)17-13(18)10-2-1-3-11(16)12(10)15/h1-7H,16H2,(H,17,18). The molecule has 0 heterocycles. The van der Waals surface area contributed by atoms with E-state index in [1.807, 2.05) is 24.3 Å². The van der Waals surface area contributed by atoms with Crippen molar-refractivity contribution in [3.63, 3.8) is 0 Å². The third-order valence-corrected chi connectivity index (χ3v) is 3.79. The van der Waals surface area contributed by atoms with Crippen molar-refractivity contribution in [1.82, 2.24) is 0 Å². The van der Waals surface area contributed by atoms with E-state index < -0.39 is 0 Å². The second-order valence-electron chi connectivity index (χ2n) is 3.67. The van der Waals surface area contributed by atoms with E-state index in [0.29, 0.717) is 15.7 Å². The van der Waals surface area contributed by atoms with Crippen molar-refractivity contribution in [3.8, 4) is 0 Å². The maximum absolute atomic E-state index is 12.1. The number of carbonyl (C=O) groups is 1. The predicted molar refractivity (Wildman–Crippen MR) is 80.6 cm³/mol. The third-order valence-electron chi connectivity index (χ3n) is 2.38. The van der Waals surface area contributed by atoms with Gasteiger partial charge in [-0.2, -0.15) is 0 Å². The Bertz CT molecular complexity index is 582. The average molecular weight is 370 g/mol. The van der Waals surface area contributed by atoms with Gasteiger partial charge in [0.05, 0.1) is 10.0 Å². The summed E-state index contributed by atoms with van der Waals surface area (Å²) in [7, 11) is 0. The van der Waals surface area contributed by atoms with Crippen molar-refractivity contribution in [2.24, 2.45) is 0 Å². The fourth-order valence-electron chi connectivity index (χ4n) is 1.46. The van der Waals surface area contributed by atoms with Gasteiger partial charge in [0.1, 0.15) is 0 Å². The Morgan fingerprint density at radius 1 is 1.06 bits per heavy atom. The van der Waals surface area contributed by atoms with E-state index in [4.69, 9.17) is 5.73 Å². The number of nitrogen functional groups attached to an aromatic ring is 1. The van der Waals surface area contributed by atoms with Gasteiger partial charge in [-0.25, -0.2) is 0 Å². The number of nitrogens with one attached hydrogen (secondary N) is 1. The van der Waals surface area contributed by atoms with Gasteiger partial charge in [-0.1, -0.05) is 22.0 Å². The van der Waals surface area contributed by atoms with Crippen LogP contribution in [-0.2, 0) is 0 Å². The largest absolute Gasteiger partial charge is 0.398 e. The number of nitrogens with two attached hydrogens (primary N) is 1. The highest BCUT2D eigenvalue weighted by molar-refractivity contribution is 9.11. The van der Waals surface area contributed by atoms with E-state index in [9.17, 15) is 4.79 Å². The highest BCUT2D eigenvalue weighted by atomic mass is 79.9. The summed E-state index contributed by atoms with van der Waals surface area (Å²) in [6, 6.07) is 12.6. The van der Waals surface area contributed by atoms with Crippen LogP contribution in [0.25, 0.3) is 0 Å². The zero-order valence-corrected chi connectivity index (χ0v) is 12.5. The van der Waals surface area contributed by atoms with Crippen LogP contribution >= 0.6 is 31.9 Å². The Morgan fingerprint density at radius 2 is 1.72 bits per heavy atom. The van der Waals surface area contributed by atoms with E-state index in [1.54, 1.807) is 18.2 Å². The fourth-order valence-corrected chi connectivity index (χ4v) is 2.17. The molecule has 3 nitrogen and oxygen atoms in total. The lowest BCUT2D eigenvalue weighted by Gasteiger charge is -2.08. The van der Waals surface area contributed by atoms with Gasteiger partial charge in [-0.15, -0.1) is 0 Å². The summed E-state index contributed by atoms with van der Waals surface area (Å²) in [4.78, 5) is 12.1. The van der Waals surface area contributed by atoms with Gasteiger partial charge < -0.3 is 11.1 Å². The summed E-state index contributed by atoms with van der Waals surface area (Å²) < 4.78 is 1.57. The summed E-state index contributed by atoms with van der Waals surface area (Å²) in [5.41, 5.74) is 7.52. The molecule has 2 aromatic carbocycles. The molecule has 0 radical (unpaired) electrons. The van der Waals surface area contributed by atoms with E-state index >= 15 is 0 Å². The molecule has 0 saturated carbocycles. The molecule has 0 fully saturated rings. The van der Waals surface area contributed by atoms with Crippen molar-refractivity contribution in [2.75, 3.05) is 11.1 Å². The minimum atomic E-state index is -0.198. The number of hydrogen-bond acceptors (Lipinski definition) is 2. The monoisotopic (exact) mass is 368 g/mol. The molecule has 2 aromatic rings. The number of halogens is 2. The first-order valence-electron chi connectivity index (χ1n) is 5.19. The lowest BCUT2D eigenvalue weighted by Crippen LogP contribution is -2.13. The van der Waals surface area contributed by atoms with Crippen LogP contribution in [0, 0.1) is 0 Å². The molecule has 0 aliphatic heterocycles. The van der Waals surface area contributed by atoms with Gasteiger partial charge in [0.15, 0.2) is 0 Å². The van der Waals surface area contributed by atoms with Crippen molar-refractivity contribution < 1.29 is 4.79 Å². The van der Waals surface area contributed by atoms with Crippen LogP contribution in [0.2, 0.25) is 0 Å². The topological polar surface area (TPSA) is 55.1 Å². The van der Waals surface area contributed by atoms with Crippen molar-refractivity contribution >= 4 is 49.1 Å². The summed E-state index contributed by atoms with van der Waals surface area (Å²) >= 11 is 6.65. The lowest BCUT2D eigenvalue weighted by atomic mass is 10.2. The van der Waals surface area contributed by atoms with Crippen LogP contribution in [0.15, 0.2) is 51.4 Å². The molecule has 5 heteroatoms. The minimum absolute atomic E-state index is 0.198. The van der Waals surface area contributed by atoms with Gasteiger partial charge in [0, 0.05) is 15.8 Å². The predicted octanol–water partition coefficient (Wildman–Crippen LogP) is 4.05. The molecule has 2 rings (SSSR count). The molecular weight excluding hydrogens is 360 g/mol. The van der Waals surface area contributed by atoms with Crippen LogP contribution in [0.3, 0.4) is 0 Å². The zero-order chi connectivity index (χ0) is 13.1.